The SMILES string of the molecule is COc1ccc(Oc2ccc(S(C)(=O)=O)cc2[N+](=O)[O-])cc1. The fraction of sp³-hybridized carbons (Fsp3) is 0.143. The maximum Gasteiger partial charge on any atom is 0.312 e. The van der Waals surface area contributed by atoms with Gasteiger partial charge in [-0.1, -0.05) is 0 Å². The molecule has 2 aromatic carbocycles. The smallest absolute Gasteiger partial charge is 0.312 e. The summed E-state index contributed by atoms with van der Waals surface area (Å²) >= 11 is 0. The Morgan fingerprint density at radius 2 is 1.64 bits per heavy atom. The van der Waals surface area contributed by atoms with Gasteiger partial charge < -0.3 is 9.47 Å². The zero-order chi connectivity index (χ0) is 16.3. The van der Waals surface area contributed by atoms with Gasteiger partial charge in [0.25, 0.3) is 0 Å². The molecule has 0 unspecified atom stereocenters. The van der Waals surface area contributed by atoms with Crippen molar-refractivity contribution in [3.05, 3.63) is 52.6 Å². The molecule has 7 nitrogen and oxygen atoms in total. The van der Waals surface area contributed by atoms with Crippen LogP contribution in [0.5, 0.6) is 17.2 Å². The van der Waals surface area contributed by atoms with E-state index in [1.165, 1.54) is 19.2 Å². The topological polar surface area (TPSA) is 95.7 Å². The molecule has 116 valence electrons. The van der Waals surface area contributed by atoms with Crippen LogP contribution in [-0.2, 0) is 9.84 Å². The number of benzene rings is 2. The van der Waals surface area contributed by atoms with Gasteiger partial charge in [-0.05, 0) is 36.4 Å². The van der Waals surface area contributed by atoms with Gasteiger partial charge in [0.2, 0.25) is 5.75 Å². The summed E-state index contributed by atoms with van der Waals surface area (Å²) in [6.07, 6.45) is 0.982. The summed E-state index contributed by atoms with van der Waals surface area (Å²) in [6.45, 7) is 0. The number of methoxy groups -OCH3 is 1. The third kappa shape index (κ3) is 3.53. The minimum atomic E-state index is -3.53. The molecule has 0 bridgehead atoms. The molecule has 2 aromatic rings. The van der Waals surface area contributed by atoms with Crippen molar-refractivity contribution in [3.63, 3.8) is 0 Å². The molecule has 0 aliphatic rings. The first-order valence-corrected chi connectivity index (χ1v) is 8.01. The molecule has 0 atom stereocenters. The van der Waals surface area contributed by atoms with Crippen LogP contribution in [0, 0.1) is 10.1 Å². The second kappa shape index (κ2) is 6.02. The molecule has 2 rings (SSSR count). The highest BCUT2D eigenvalue weighted by Crippen LogP contribution is 2.33. The number of nitro groups is 1. The van der Waals surface area contributed by atoms with E-state index in [4.69, 9.17) is 9.47 Å². The molecular weight excluding hydrogens is 310 g/mol. The predicted octanol–water partition coefficient (Wildman–Crippen LogP) is 2.80. The summed E-state index contributed by atoms with van der Waals surface area (Å²) in [4.78, 5) is 10.3. The second-order valence-corrected chi connectivity index (χ2v) is 6.45. The zero-order valence-electron chi connectivity index (χ0n) is 11.8. The number of nitrogens with zero attached hydrogens (tertiary/aromatic N) is 1. The third-order valence-corrected chi connectivity index (χ3v) is 3.95. The molecule has 0 aromatic heterocycles. The minimum Gasteiger partial charge on any atom is -0.497 e. The van der Waals surface area contributed by atoms with Gasteiger partial charge >= 0.3 is 5.69 Å². The Balaban J connectivity index is 2.39. The van der Waals surface area contributed by atoms with Crippen molar-refractivity contribution in [2.24, 2.45) is 0 Å². The van der Waals surface area contributed by atoms with Crippen molar-refractivity contribution in [1.29, 1.82) is 0 Å². The Bertz CT molecular complexity index is 799. The van der Waals surface area contributed by atoms with E-state index in [1.54, 1.807) is 24.3 Å². The van der Waals surface area contributed by atoms with Gasteiger partial charge in [-0.25, -0.2) is 8.42 Å². The van der Waals surface area contributed by atoms with Crippen LogP contribution in [0.15, 0.2) is 47.4 Å². The summed E-state index contributed by atoms with van der Waals surface area (Å²) < 4.78 is 33.4. The Labute approximate surface area is 127 Å². The fourth-order valence-corrected chi connectivity index (χ4v) is 2.37. The Morgan fingerprint density at radius 1 is 1.05 bits per heavy atom. The number of nitro benzene ring substituents is 1. The second-order valence-electron chi connectivity index (χ2n) is 4.44. The molecule has 0 spiro atoms. The molecule has 0 radical (unpaired) electrons. The number of ether oxygens (including phenoxy) is 2. The van der Waals surface area contributed by atoms with Crippen molar-refractivity contribution in [2.75, 3.05) is 13.4 Å². The lowest BCUT2D eigenvalue weighted by atomic mass is 10.3. The van der Waals surface area contributed by atoms with E-state index in [0.29, 0.717) is 11.5 Å². The van der Waals surface area contributed by atoms with Crippen LogP contribution < -0.4 is 9.47 Å². The van der Waals surface area contributed by atoms with Crippen LogP contribution >= 0.6 is 0 Å². The lowest BCUT2D eigenvalue weighted by Gasteiger charge is -2.08. The van der Waals surface area contributed by atoms with Gasteiger partial charge in [-0.2, -0.15) is 0 Å². The van der Waals surface area contributed by atoms with E-state index in [0.717, 1.165) is 12.3 Å². The first-order chi connectivity index (χ1) is 10.3. The van der Waals surface area contributed by atoms with Gasteiger partial charge in [0.15, 0.2) is 9.84 Å². The quantitative estimate of drug-likeness (QED) is 0.620. The average Bonchev–Trinajstić information content (AvgIpc) is 2.47. The van der Waals surface area contributed by atoms with Crippen LogP contribution in [0.4, 0.5) is 5.69 Å². The van der Waals surface area contributed by atoms with Crippen molar-refractivity contribution >= 4 is 15.5 Å². The highest BCUT2D eigenvalue weighted by Gasteiger charge is 2.20. The average molecular weight is 323 g/mol. The summed E-state index contributed by atoms with van der Waals surface area (Å²) in [7, 11) is -2.02. The van der Waals surface area contributed by atoms with Crippen LogP contribution in [-0.4, -0.2) is 26.7 Å². The molecule has 0 saturated carbocycles. The Hall–Kier alpha value is -2.61. The van der Waals surface area contributed by atoms with E-state index < -0.39 is 20.4 Å². The van der Waals surface area contributed by atoms with E-state index >= 15 is 0 Å². The largest absolute Gasteiger partial charge is 0.497 e. The normalized spacial score (nSPS) is 11.0. The molecule has 22 heavy (non-hydrogen) atoms. The first-order valence-electron chi connectivity index (χ1n) is 6.11. The third-order valence-electron chi connectivity index (χ3n) is 2.84. The Morgan fingerprint density at radius 3 is 2.14 bits per heavy atom. The summed E-state index contributed by atoms with van der Waals surface area (Å²) in [5.74, 6) is 0.952. The molecule has 0 aliphatic heterocycles. The molecule has 8 heteroatoms. The molecule has 0 heterocycles. The molecule has 0 amide bonds. The van der Waals surface area contributed by atoms with E-state index in [2.05, 4.69) is 0 Å². The van der Waals surface area contributed by atoms with Gasteiger partial charge in [0, 0.05) is 12.3 Å². The van der Waals surface area contributed by atoms with Gasteiger partial charge in [0.05, 0.1) is 16.9 Å². The van der Waals surface area contributed by atoms with Crippen molar-refractivity contribution in [1.82, 2.24) is 0 Å². The fourth-order valence-electron chi connectivity index (χ4n) is 1.73. The number of hydrogen-bond acceptors (Lipinski definition) is 6. The van der Waals surface area contributed by atoms with Crippen molar-refractivity contribution < 1.29 is 22.8 Å². The lowest BCUT2D eigenvalue weighted by Crippen LogP contribution is -2.00. The molecule has 0 aliphatic carbocycles. The summed E-state index contributed by atoms with van der Waals surface area (Å²) in [5.41, 5.74) is -0.418. The molecule has 0 N–H and O–H groups in total. The maximum absolute atomic E-state index is 11.5. The standard InChI is InChI=1S/C14H13NO6S/c1-20-10-3-5-11(6-4-10)21-14-8-7-12(22(2,18)19)9-13(14)15(16)17/h3-9H,1-2H3. The maximum atomic E-state index is 11.5. The van der Waals surface area contributed by atoms with Gasteiger partial charge in [0.1, 0.15) is 11.5 Å². The van der Waals surface area contributed by atoms with E-state index in [1.807, 2.05) is 0 Å². The van der Waals surface area contributed by atoms with Crippen LogP contribution in [0.1, 0.15) is 0 Å². The Kier molecular flexibility index (Phi) is 4.32. The number of rotatable bonds is 5. The van der Waals surface area contributed by atoms with Crippen LogP contribution in [0.2, 0.25) is 0 Å². The highest BCUT2D eigenvalue weighted by molar-refractivity contribution is 7.90. The summed E-state index contributed by atoms with van der Waals surface area (Å²) in [6, 6.07) is 9.98. The monoisotopic (exact) mass is 323 g/mol. The number of hydrogen-bond donors (Lipinski definition) is 0. The minimum absolute atomic E-state index is 0.0393. The van der Waals surface area contributed by atoms with E-state index in [9.17, 15) is 18.5 Å². The first kappa shape index (κ1) is 15.8. The molecule has 0 saturated heterocycles. The number of sulfone groups is 1. The van der Waals surface area contributed by atoms with Gasteiger partial charge in [-0.15, -0.1) is 0 Å². The van der Waals surface area contributed by atoms with Crippen LogP contribution in [0.25, 0.3) is 0 Å². The highest BCUT2D eigenvalue weighted by atomic mass is 32.2. The predicted molar refractivity (Wildman–Crippen MR) is 79.3 cm³/mol. The summed E-state index contributed by atoms with van der Waals surface area (Å²) in [5, 5.41) is 11.1. The van der Waals surface area contributed by atoms with Crippen molar-refractivity contribution in [2.45, 2.75) is 4.90 Å². The molecule has 0 fully saturated rings. The lowest BCUT2D eigenvalue weighted by molar-refractivity contribution is -0.385. The molecular formula is C14H13NO6S. The zero-order valence-corrected chi connectivity index (χ0v) is 12.7. The van der Waals surface area contributed by atoms with Crippen LogP contribution in [0.3, 0.4) is 0 Å². The van der Waals surface area contributed by atoms with E-state index in [-0.39, 0.29) is 10.6 Å². The van der Waals surface area contributed by atoms with Gasteiger partial charge in [-0.3, -0.25) is 10.1 Å². The van der Waals surface area contributed by atoms with Crippen molar-refractivity contribution in [3.8, 4) is 17.2 Å².